The average Bonchev–Trinajstić information content (AvgIpc) is 2.72. The Bertz CT molecular complexity index is 583. The van der Waals surface area contributed by atoms with E-state index in [0.29, 0.717) is 11.3 Å². The van der Waals surface area contributed by atoms with Crippen molar-refractivity contribution < 1.29 is 9.59 Å². The van der Waals surface area contributed by atoms with Gasteiger partial charge < -0.3 is 10.2 Å². The Hall–Kier alpha value is -1.84. The number of carbonyl (C=O) groups is 2. The second-order valence-electron chi connectivity index (χ2n) is 9.86. The Morgan fingerprint density at radius 3 is 1.75 bits per heavy atom. The highest BCUT2D eigenvalue weighted by molar-refractivity contribution is 5.78. The van der Waals surface area contributed by atoms with E-state index in [0.717, 1.165) is 13.1 Å². The number of piperidine rings is 1. The van der Waals surface area contributed by atoms with Crippen molar-refractivity contribution in [1.29, 1.82) is 0 Å². The molecule has 4 nitrogen and oxygen atoms in total. The standard InChI is InChI=1S/C12H18.C9H17NO.C5H11NO.2CH4/c1-12(2,3)10-9-11-7-5-4-6-8-11;1-8(2)9(11)10-6-4-3-5-7-10;1-4(2)5(7)6-3;;/h4-8H,9-10H2,1-3H3;8H,3-7H2,1-2H3;4H,1-3H3,(H,6,7);2*1H4. The van der Waals surface area contributed by atoms with Crippen LogP contribution in [0.25, 0.3) is 0 Å². The lowest BCUT2D eigenvalue weighted by Gasteiger charge is -2.28. The summed E-state index contributed by atoms with van der Waals surface area (Å²) in [6.45, 7) is 16.5. The molecule has 2 amide bonds. The van der Waals surface area contributed by atoms with Crippen LogP contribution in [-0.2, 0) is 16.0 Å². The van der Waals surface area contributed by atoms with Crippen LogP contribution in [0.1, 0.15) is 94.6 Å². The van der Waals surface area contributed by atoms with Gasteiger partial charge in [-0.15, -0.1) is 0 Å². The summed E-state index contributed by atoms with van der Waals surface area (Å²) in [5.74, 6) is 0.711. The summed E-state index contributed by atoms with van der Waals surface area (Å²) in [5, 5.41) is 2.53. The second-order valence-corrected chi connectivity index (χ2v) is 9.86. The van der Waals surface area contributed by atoms with E-state index >= 15 is 0 Å². The zero-order valence-electron chi connectivity index (χ0n) is 20.8. The minimum absolute atomic E-state index is 0. The maximum absolute atomic E-state index is 11.4. The number of nitrogens with zero attached hydrogens (tertiary/aromatic N) is 1. The predicted molar refractivity (Wildman–Crippen MR) is 142 cm³/mol. The van der Waals surface area contributed by atoms with Gasteiger partial charge >= 0.3 is 0 Å². The first kappa shape index (κ1) is 34.8. The molecule has 0 radical (unpaired) electrons. The molecule has 0 atom stereocenters. The van der Waals surface area contributed by atoms with Gasteiger partial charge in [0.2, 0.25) is 11.8 Å². The molecular weight excluding hydrogens is 396 g/mol. The lowest BCUT2D eigenvalue weighted by Crippen LogP contribution is -2.38. The van der Waals surface area contributed by atoms with Gasteiger partial charge in [-0.2, -0.15) is 0 Å². The van der Waals surface area contributed by atoms with E-state index in [1.807, 2.05) is 32.6 Å². The normalized spacial score (nSPS) is 12.9. The van der Waals surface area contributed by atoms with Crippen LogP contribution >= 0.6 is 0 Å². The van der Waals surface area contributed by atoms with Gasteiger partial charge in [-0.1, -0.05) is 93.7 Å². The minimum Gasteiger partial charge on any atom is -0.359 e. The van der Waals surface area contributed by atoms with E-state index in [4.69, 9.17) is 0 Å². The Labute approximate surface area is 200 Å². The summed E-state index contributed by atoms with van der Waals surface area (Å²) in [6.07, 6.45) is 6.14. The van der Waals surface area contributed by atoms with Crippen molar-refractivity contribution in [1.82, 2.24) is 10.2 Å². The first-order chi connectivity index (χ1) is 14.0. The number of amides is 2. The molecule has 0 bridgehead atoms. The molecule has 32 heavy (non-hydrogen) atoms. The third-order valence-electron chi connectivity index (χ3n) is 4.94. The molecule has 0 saturated carbocycles. The van der Waals surface area contributed by atoms with Crippen LogP contribution < -0.4 is 5.32 Å². The lowest BCUT2D eigenvalue weighted by atomic mass is 9.89. The van der Waals surface area contributed by atoms with E-state index in [1.54, 1.807) is 7.05 Å². The number of benzene rings is 1. The molecule has 1 N–H and O–H groups in total. The van der Waals surface area contributed by atoms with Gasteiger partial charge in [0.25, 0.3) is 0 Å². The van der Waals surface area contributed by atoms with Gasteiger partial charge in [0.15, 0.2) is 0 Å². The monoisotopic (exact) mass is 450 g/mol. The van der Waals surface area contributed by atoms with E-state index in [9.17, 15) is 9.59 Å². The summed E-state index contributed by atoms with van der Waals surface area (Å²) in [7, 11) is 1.64. The first-order valence-corrected chi connectivity index (χ1v) is 11.5. The van der Waals surface area contributed by atoms with E-state index in [1.165, 1.54) is 37.7 Å². The van der Waals surface area contributed by atoms with Crippen molar-refractivity contribution >= 4 is 11.8 Å². The summed E-state index contributed by atoms with van der Waals surface area (Å²) < 4.78 is 0. The number of rotatable bonds is 4. The number of hydrogen-bond acceptors (Lipinski definition) is 2. The fourth-order valence-corrected chi connectivity index (χ4v) is 2.93. The van der Waals surface area contributed by atoms with E-state index in [2.05, 4.69) is 56.4 Å². The van der Waals surface area contributed by atoms with Gasteiger partial charge in [0, 0.05) is 32.0 Å². The molecule has 0 spiro atoms. The highest BCUT2D eigenvalue weighted by Gasteiger charge is 2.18. The quantitative estimate of drug-likeness (QED) is 0.538. The van der Waals surface area contributed by atoms with Crippen molar-refractivity contribution in [2.24, 2.45) is 17.3 Å². The molecule has 1 fully saturated rings. The molecule has 1 aromatic carbocycles. The fourth-order valence-electron chi connectivity index (χ4n) is 2.93. The Morgan fingerprint density at radius 2 is 1.41 bits per heavy atom. The third kappa shape index (κ3) is 17.8. The zero-order chi connectivity index (χ0) is 23.2. The first-order valence-electron chi connectivity index (χ1n) is 11.5. The van der Waals surface area contributed by atoms with Crippen LogP contribution in [0.2, 0.25) is 0 Å². The number of nitrogens with one attached hydrogen (secondary N) is 1. The third-order valence-corrected chi connectivity index (χ3v) is 4.94. The van der Waals surface area contributed by atoms with Crippen molar-refractivity contribution in [3.05, 3.63) is 35.9 Å². The molecule has 188 valence electrons. The van der Waals surface area contributed by atoms with Crippen molar-refractivity contribution in [3.63, 3.8) is 0 Å². The summed E-state index contributed by atoms with van der Waals surface area (Å²) >= 11 is 0. The highest BCUT2D eigenvalue weighted by atomic mass is 16.2. The number of carbonyl (C=O) groups excluding carboxylic acids is 2. The lowest BCUT2D eigenvalue weighted by molar-refractivity contribution is -0.135. The van der Waals surface area contributed by atoms with Crippen molar-refractivity contribution in [3.8, 4) is 0 Å². The molecule has 1 aliphatic heterocycles. The number of hydrogen-bond donors (Lipinski definition) is 1. The Balaban J connectivity index is -0.000000396. The van der Waals surface area contributed by atoms with Crippen LogP contribution in [0.3, 0.4) is 0 Å². The molecule has 1 aliphatic rings. The van der Waals surface area contributed by atoms with Crippen LogP contribution in [0, 0.1) is 17.3 Å². The predicted octanol–water partition coefficient (Wildman–Crippen LogP) is 6.98. The molecule has 1 aromatic rings. The average molecular weight is 451 g/mol. The maximum atomic E-state index is 11.4. The van der Waals surface area contributed by atoms with Gasteiger partial charge in [-0.3, -0.25) is 9.59 Å². The number of aryl methyl sites for hydroxylation is 1. The smallest absolute Gasteiger partial charge is 0.225 e. The van der Waals surface area contributed by atoms with Crippen LogP contribution in [-0.4, -0.2) is 36.9 Å². The van der Waals surface area contributed by atoms with E-state index < -0.39 is 0 Å². The minimum atomic E-state index is 0. The number of likely N-dealkylation sites (tertiary alicyclic amines) is 1. The topological polar surface area (TPSA) is 49.4 Å². The highest BCUT2D eigenvalue weighted by Crippen LogP contribution is 2.21. The molecule has 0 aliphatic carbocycles. The molecular formula is C28H54N2O2. The Kier molecular flexibility index (Phi) is 20.3. The molecule has 4 heteroatoms. The van der Waals surface area contributed by atoms with Gasteiger partial charge in [-0.05, 0) is 43.1 Å². The van der Waals surface area contributed by atoms with Crippen molar-refractivity contribution in [2.45, 2.75) is 95.4 Å². The van der Waals surface area contributed by atoms with Crippen LogP contribution in [0.4, 0.5) is 0 Å². The molecule has 2 rings (SSSR count). The second kappa shape index (κ2) is 18.7. The maximum Gasteiger partial charge on any atom is 0.225 e. The summed E-state index contributed by atoms with van der Waals surface area (Å²) in [5.41, 5.74) is 1.91. The van der Waals surface area contributed by atoms with Crippen molar-refractivity contribution in [2.75, 3.05) is 20.1 Å². The molecule has 1 heterocycles. The SMILES string of the molecule is C.C.CC(C)(C)CCc1ccccc1.CC(C)C(=O)N1CCCCC1.CNC(=O)C(C)C. The largest absolute Gasteiger partial charge is 0.359 e. The van der Waals surface area contributed by atoms with Crippen LogP contribution in [0.15, 0.2) is 30.3 Å². The summed E-state index contributed by atoms with van der Waals surface area (Å²) in [6, 6.07) is 10.7. The summed E-state index contributed by atoms with van der Waals surface area (Å²) in [4.78, 5) is 23.8. The van der Waals surface area contributed by atoms with Gasteiger partial charge in [0.1, 0.15) is 0 Å². The van der Waals surface area contributed by atoms with Gasteiger partial charge in [-0.25, -0.2) is 0 Å². The molecule has 0 aromatic heterocycles. The fraction of sp³-hybridized carbons (Fsp3) is 0.714. The molecule has 0 unspecified atom stereocenters. The van der Waals surface area contributed by atoms with E-state index in [-0.39, 0.29) is 32.6 Å². The zero-order valence-corrected chi connectivity index (χ0v) is 20.8. The van der Waals surface area contributed by atoms with Gasteiger partial charge in [0.05, 0.1) is 0 Å². The van der Waals surface area contributed by atoms with Crippen LogP contribution in [0.5, 0.6) is 0 Å². The Morgan fingerprint density at radius 1 is 0.906 bits per heavy atom. The molecule has 1 saturated heterocycles.